The van der Waals surface area contributed by atoms with E-state index in [1.807, 2.05) is 18.2 Å². The molecule has 1 rings (SSSR count). The summed E-state index contributed by atoms with van der Waals surface area (Å²) in [4.78, 5) is 4.47. The minimum Gasteiger partial charge on any atom is -0.384 e. The van der Waals surface area contributed by atoms with Crippen LogP contribution in [0.5, 0.6) is 0 Å². The fraction of sp³-hybridized carbons (Fsp3) is 0.643. The van der Waals surface area contributed by atoms with Gasteiger partial charge in [0.05, 0.1) is 5.69 Å². The number of rotatable bonds is 4. The molecule has 2 N–H and O–H groups in total. The van der Waals surface area contributed by atoms with Gasteiger partial charge >= 0.3 is 0 Å². The van der Waals surface area contributed by atoms with Crippen LogP contribution in [0.4, 0.5) is 0 Å². The van der Waals surface area contributed by atoms with Crippen molar-refractivity contribution in [2.75, 3.05) is 6.54 Å². The molecule has 0 aromatic carbocycles. The molecule has 0 saturated heterocycles. The van der Waals surface area contributed by atoms with Gasteiger partial charge < -0.3 is 10.4 Å². The van der Waals surface area contributed by atoms with Crippen molar-refractivity contribution in [1.82, 2.24) is 10.3 Å². The molecular weight excluding hydrogens is 212 g/mol. The quantitative estimate of drug-likeness (QED) is 0.842. The number of aromatic nitrogens is 1. The van der Waals surface area contributed by atoms with Crippen LogP contribution in [0.25, 0.3) is 0 Å². The van der Waals surface area contributed by atoms with Gasteiger partial charge in [0, 0.05) is 24.2 Å². The lowest BCUT2D eigenvalue weighted by Gasteiger charge is -2.21. The van der Waals surface area contributed by atoms with E-state index >= 15 is 0 Å². The summed E-state index contributed by atoms with van der Waals surface area (Å²) in [6.45, 7) is 10.8. The molecule has 1 aromatic heterocycles. The van der Waals surface area contributed by atoms with Crippen molar-refractivity contribution >= 4 is 0 Å². The van der Waals surface area contributed by atoms with Crippen LogP contribution in [-0.4, -0.2) is 22.2 Å². The van der Waals surface area contributed by atoms with E-state index in [4.69, 9.17) is 0 Å². The van der Waals surface area contributed by atoms with E-state index in [0.29, 0.717) is 0 Å². The molecule has 0 atom stereocenters. The van der Waals surface area contributed by atoms with Crippen LogP contribution in [0.3, 0.4) is 0 Å². The second kappa shape index (κ2) is 5.15. The van der Waals surface area contributed by atoms with Crippen LogP contribution < -0.4 is 5.32 Å². The largest absolute Gasteiger partial charge is 0.384 e. The molecule has 96 valence electrons. The average Bonchev–Trinajstić information content (AvgIpc) is 2.15. The molecule has 17 heavy (non-hydrogen) atoms. The molecule has 0 unspecified atom stereocenters. The third-order valence-electron chi connectivity index (χ3n) is 2.47. The Labute approximate surface area is 104 Å². The fourth-order valence-corrected chi connectivity index (χ4v) is 1.53. The van der Waals surface area contributed by atoms with E-state index in [0.717, 1.165) is 24.4 Å². The number of pyridine rings is 1. The van der Waals surface area contributed by atoms with Crippen molar-refractivity contribution < 1.29 is 5.11 Å². The molecule has 0 saturated carbocycles. The van der Waals surface area contributed by atoms with Crippen LogP contribution in [0.15, 0.2) is 18.2 Å². The van der Waals surface area contributed by atoms with Gasteiger partial charge in [0.25, 0.3) is 0 Å². The number of nitrogens with zero attached hydrogens (tertiary/aromatic N) is 1. The summed E-state index contributed by atoms with van der Waals surface area (Å²) in [5.74, 6) is 0. The Balaban J connectivity index is 2.61. The summed E-state index contributed by atoms with van der Waals surface area (Å²) in [6.07, 6.45) is 0.876. The minimum absolute atomic E-state index is 0.133. The van der Waals surface area contributed by atoms with E-state index in [1.54, 1.807) is 13.8 Å². The zero-order chi connectivity index (χ0) is 13.1. The molecule has 0 spiro atoms. The molecule has 0 bridgehead atoms. The molecule has 3 heteroatoms. The van der Waals surface area contributed by atoms with Gasteiger partial charge in [-0.2, -0.15) is 0 Å². The smallest absolute Gasteiger partial charge is 0.101 e. The van der Waals surface area contributed by atoms with E-state index < -0.39 is 5.60 Å². The highest BCUT2D eigenvalue weighted by molar-refractivity contribution is 5.16. The van der Waals surface area contributed by atoms with Gasteiger partial charge in [-0.1, -0.05) is 6.07 Å². The molecule has 0 radical (unpaired) electrons. The predicted octanol–water partition coefficient (Wildman–Crippen LogP) is 2.24. The van der Waals surface area contributed by atoms with E-state index in [2.05, 4.69) is 31.1 Å². The summed E-state index contributed by atoms with van der Waals surface area (Å²) >= 11 is 0. The molecule has 0 aliphatic rings. The average molecular weight is 236 g/mol. The highest BCUT2D eigenvalue weighted by Crippen LogP contribution is 2.17. The summed E-state index contributed by atoms with van der Waals surface area (Å²) in [7, 11) is 0. The Morgan fingerprint density at radius 1 is 1.18 bits per heavy atom. The van der Waals surface area contributed by atoms with Crippen LogP contribution in [0.2, 0.25) is 0 Å². The van der Waals surface area contributed by atoms with Gasteiger partial charge in [0.2, 0.25) is 0 Å². The zero-order valence-corrected chi connectivity index (χ0v) is 11.5. The third-order valence-corrected chi connectivity index (χ3v) is 2.47. The Morgan fingerprint density at radius 3 is 2.35 bits per heavy atom. The first kappa shape index (κ1) is 14.1. The second-order valence-electron chi connectivity index (χ2n) is 6.00. The van der Waals surface area contributed by atoms with Crippen molar-refractivity contribution in [2.45, 2.75) is 52.2 Å². The van der Waals surface area contributed by atoms with Gasteiger partial charge in [-0.3, -0.25) is 4.98 Å². The highest BCUT2D eigenvalue weighted by Gasteiger charge is 2.17. The lowest BCUT2D eigenvalue weighted by Crippen LogP contribution is -2.37. The van der Waals surface area contributed by atoms with Gasteiger partial charge in [-0.25, -0.2) is 0 Å². The first-order valence-corrected chi connectivity index (χ1v) is 6.12. The molecule has 0 fully saturated rings. The summed E-state index contributed by atoms with van der Waals surface area (Å²) < 4.78 is 0. The maximum atomic E-state index is 9.89. The first-order valence-electron chi connectivity index (χ1n) is 6.12. The molecule has 3 nitrogen and oxygen atoms in total. The lowest BCUT2D eigenvalue weighted by molar-refractivity contribution is 0.0736. The number of aliphatic hydroxyl groups is 1. The molecule has 0 aliphatic carbocycles. The lowest BCUT2D eigenvalue weighted by atomic mass is 10.0. The number of hydrogen-bond donors (Lipinski definition) is 2. The van der Waals surface area contributed by atoms with Crippen molar-refractivity contribution in [1.29, 1.82) is 0 Å². The maximum absolute atomic E-state index is 9.89. The number of nitrogens with one attached hydrogen (secondary N) is 1. The maximum Gasteiger partial charge on any atom is 0.101 e. The predicted molar refractivity (Wildman–Crippen MR) is 70.9 cm³/mol. The Morgan fingerprint density at radius 2 is 1.82 bits per heavy atom. The zero-order valence-electron chi connectivity index (χ0n) is 11.5. The molecule has 0 amide bonds. The monoisotopic (exact) mass is 236 g/mol. The summed E-state index contributed by atoms with van der Waals surface area (Å²) in [5.41, 5.74) is 1.01. The third kappa shape index (κ3) is 5.29. The first-order chi connectivity index (χ1) is 7.68. The van der Waals surface area contributed by atoms with Gasteiger partial charge in [0.1, 0.15) is 5.60 Å². The standard InChI is InChI=1S/C14H24N2O/c1-13(2,3)15-10-9-11-7-6-8-12(16-11)14(4,5)17/h6-8,15,17H,9-10H2,1-5H3. The van der Waals surface area contributed by atoms with Crippen molar-refractivity contribution in [2.24, 2.45) is 0 Å². The summed E-state index contributed by atoms with van der Waals surface area (Å²) in [6, 6.07) is 5.81. The molecule has 0 aliphatic heterocycles. The Kier molecular flexibility index (Phi) is 4.28. The van der Waals surface area contributed by atoms with Gasteiger partial charge in [-0.05, 0) is 46.8 Å². The molecular formula is C14H24N2O. The SMILES string of the molecule is CC(C)(C)NCCc1cccc(C(C)(C)O)n1. The Hall–Kier alpha value is -0.930. The normalized spacial score (nSPS) is 12.8. The van der Waals surface area contributed by atoms with Crippen LogP contribution >= 0.6 is 0 Å². The Bertz CT molecular complexity index is 361. The van der Waals surface area contributed by atoms with E-state index in [-0.39, 0.29) is 5.54 Å². The minimum atomic E-state index is -0.868. The van der Waals surface area contributed by atoms with Crippen LogP contribution in [0, 0.1) is 0 Å². The van der Waals surface area contributed by atoms with Crippen LogP contribution in [0.1, 0.15) is 46.0 Å². The van der Waals surface area contributed by atoms with Gasteiger partial charge in [-0.15, -0.1) is 0 Å². The summed E-state index contributed by atoms with van der Waals surface area (Å²) in [5, 5.41) is 13.3. The fourth-order valence-electron chi connectivity index (χ4n) is 1.53. The van der Waals surface area contributed by atoms with Gasteiger partial charge in [0.15, 0.2) is 0 Å². The second-order valence-corrected chi connectivity index (χ2v) is 6.00. The van der Waals surface area contributed by atoms with Crippen LogP contribution in [-0.2, 0) is 12.0 Å². The van der Waals surface area contributed by atoms with Crippen molar-refractivity contribution in [3.05, 3.63) is 29.6 Å². The molecule has 1 aromatic rings. The van der Waals surface area contributed by atoms with E-state index in [9.17, 15) is 5.11 Å². The molecule has 1 heterocycles. The van der Waals surface area contributed by atoms with Crippen molar-refractivity contribution in [3.63, 3.8) is 0 Å². The number of hydrogen-bond acceptors (Lipinski definition) is 3. The van der Waals surface area contributed by atoms with Crippen molar-refractivity contribution in [3.8, 4) is 0 Å². The van der Waals surface area contributed by atoms with E-state index in [1.165, 1.54) is 0 Å². The topological polar surface area (TPSA) is 45.1 Å². The highest BCUT2D eigenvalue weighted by atomic mass is 16.3.